The van der Waals surface area contributed by atoms with Gasteiger partial charge < -0.3 is 0 Å². The first-order chi connectivity index (χ1) is 7.27. The van der Waals surface area contributed by atoms with Gasteiger partial charge in [0.25, 0.3) is 0 Å². The molecule has 0 spiro atoms. The van der Waals surface area contributed by atoms with Crippen LogP contribution >= 0.6 is 0 Å². The average Bonchev–Trinajstić information content (AvgIpc) is 2.31. The second-order valence-corrected chi connectivity index (χ2v) is 2.97. The van der Waals surface area contributed by atoms with Gasteiger partial charge in [-0.2, -0.15) is 0 Å². The first kappa shape index (κ1) is 11.4. The number of carbonyl (C=O) groups excluding carboxylic acids is 1. The highest BCUT2D eigenvalue weighted by Gasteiger charge is 2.00. The van der Waals surface area contributed by atoms with Crippen LogP contribution in [0.4, 0.5) is 0 Å². The summed E-state index contributed by atoms with van der Waals surface area (Å²) in [7, 11) is 0. The number of para-hydroxylation sites is 1. The summed E-state index contributed by atoms with van der Waals surface area (Å²) in [6.07, 6.45) is 1.62. The van der Waals surface area contributed by atoms with Gasteiger partial charge in [-0.15, -0.1) is 0 Å². The van der Waals surface area contributed by atoms with Crippen molar-refractivity contribution in [1.82, 2.24) is 4.98 Å². The smallest absolute Gasteiger partial charge is 0.161 e. The zero-order chi connectivity index (χ0) is 11.3. The van der Waals surface area contributed by atoms with Gasteiger partial charge in [-0.1, -0.05) is 32.0 Å². The van der Waals surface area contributed by atoms with Crippen molar-refractivity contribution in [1.29, 1.82) is 0 Å². The SMILES string of the molecule is CC.CC(=O)c1cnc2ccccc2c1. The largest absolute Gasteiger partial charge is 0.294 e. The Morgan fingerprint density at radius 1 is 1.20 bits per heavy atom. The van der Waals surface area contributed by atoms with Crippen LogP contribution in [-0.4, -0.2) is 10.8 Å². The van der Waals surface area contributed by atoms with Crippen LogP contribution in [0.3, 0.4) is 0 Å². The Hall–Kier alpha value is -1.70. The van der Waals surface area contributed by atoms with E-state index in [-0.39, 0.29) is 5.78 Å². The van der Waals surface area contributed by atoms with E-state index in [1.807, 2.05) is 44.2 Å². The molecule has 0 atom stereocenters. The van der Waals surface area contributed by atoms with Crippen molar-refractivity contribution in [2.24, 2.45) is 0 Å². The van der Waals surface area contributed by atoms with Gasteiger partial charge >= 0.3 is 0 Å². The maximum absolute atomic E-state index is 11.0. The van der Waals surface area contributed by atoms with Gasteiger partial charge in [0, 0.05) is 17.1 Å². The summed E-state index contributed by atoms with van der Waals surface area (Å²) in [4.78, 5) is 15.2. The van der Waals surface area contributed by atoms with E-state index in [0.717, 1.165) is 10.9 Å². The van der Waals surface area contributed by atoms with Crippen molar-refractivity contribution in [3.8, 4) is 0 Å². The van der Waals surface area contributed by atoms with E-state index in [2.05, 4.69) is 4.98 Å². The number of carbonyl (C=O) groups is 1. The monoisotopic (exact) mass is 201 g/mol. The van der Waals surface area contributed by atoms with E-state index in [1.54, 1.807) is 13.1 Å². The summed E-state index contributed by atoms with van der Waals surface area (Å²) in [5, 5.41) is 1.01. The molecule has 1 aromatic carbocycles. The maximum Gasteiger partial charge on any atom is 0.161 e. The van der Waals surface area contributed by atoms with Crippen LogP contribution in [0.2, 0.25) is 0 Å². The predicted octanol–water partition coefficient (Wildman–Crippen LogP) is 3.46. The van der Waals surface area contributed by atoms with Crippen molar-refractivity contribution in [3.63, 3.8) is 0 Å². The third kappa shape index (κ3) is 2.62. The van der Waals surface area contributed by atoms with Crippen molar-refractivity contribution in [2.45, 2.75) is 20.8 Å². The van der Waals surface area contributed by atoms with E-state index in [4.69, 9.17) is 0 Å². The number of ketones is 1. The molecule has 0 radical (unpaired) electrons. The molecule has 2 aromatic rings. The summed E-state index contributed by atoms with van der Waals surface area (Å²) in [5.74, 6) is 0.0539. The molecule has 2 nitrogen and oxygen atoms in total. The van der Waals surface area contributed by atoms with Crippen LogP contribution in [0.15, 0.2) is 36.5 Å². The fraction of sp³-hybridized carbons (Fsp3) is 0.231. The lowest BCUT2D eigenvalue weighted by atomic mass is 10.1. The highest BCUT2D eigenvalue weighted by Crippen LogP contribution is 2.12. The number of benzene rings is 1. The first-order valence-corrected chi connectivity index (χ1v) is 5.13. The minimum absolute atomic E-state index is 0.0539. The molecule has 0 aliphatic heterocycles. The number of pyridine rings is 1. The average molecular weight is 201 g/mol. The number of rotatable bonds is 1. The molecular formula is C13H15NO. The zero-order valence-electron chi connectivity index (χ0n) is 9.32. The topological polar surface area (TPSA) is 30.0 Å². The lowest BCUT2D eigenvalue weighted by molar-refractivity contribution is 0.101. The Kier molecular flexibility index (Phi) is 3.98. The third-order valence-corrected chi connectivity index (χ3v) is 2.00. The zero-order valence-corrected chi connectivity index (χ0v) is 9.32. The second-order valence-electron chi connectivity index (χ2n) is 2.97. The number of aromatic nitrogens is 1. The molecular weight excluding hydrogens is 186 g/mol. The van der Waals surface area contributed by atoms with Gasteiger partial charge in [0.15, 0.2) is 5.78 Å². The van der Waals surface area contributed by atoms with Crippen LogP contribution in [0.1, 0.15) is 31.1 Å². The minimum Gasteiger partial charge on any atom is -0.294 e. The minimum atomic E-state index is 0.0539. The molecule has 0 amide bonds. The number of fused-ring (bicyclic) bond motifs is 1. The number of hydrogen-bond acceptors (Lipinski definition) is 2. The molecule has 2 heteroatoms. The van der Waals surface area contributed by atoms with Gasteiger partial charge in [0.05, 0.1) is 5.52 Å². The Bertz CT molecular complexity index is 463. The molecule has 0 saturated heterocycles. The Labute approximate surface area is 90.0 Å². The Morgan fingerprint density at radius 3 is 2.53 bits per heavy atom. The van der Waals surface area contributed by atoms with Crippen LogP contribution in [-0.2, 0) is 0 Å². The molecule has 0 aliphatic rings. The van der Waals surface area contributed by atoms with Gasteiger partial charge in [-0.05, 0) is 19.1 Å². The molecule has 1 aromatic heterocycles. The number of hydrogen-bond donors (Lipinski definition) is 0. The fourth-order valence-electron chi connectivity index (χ4n) is 1.26. The molecule has 0 unspecified atom stereocenters. The lowest BCUT2D eigenvalue weighted by Crippen LogP contribution is -1.92. The van der Waals surface area contributed by atoms with Crippen molar-refractivity contribution in [3.05, 3.63) is 42.1 Å². The quantitative estimate of drug-likeness (QED) is 0.661. The van der Waals surface area contributed by atoms with Gasteiger partial charge in [0.2, 0.25) is 0 Å². The molecule has 78 valence electrons. The highest BCUT2D eigenvalue weighted by atomic mass is 16.1. The van der Waals surface area contributed by atoms with Crippen molar-refractivity contribution < 1.29 is 4.79 Å². The van der Waals surface area contributed by atoms with E-state index >= 15 is 0 Å². The predicted molar refractivity (Wildman–Crippen MR) is 63.1 cm³/mol. The van der Waals surface area contributed by atoms with Crippen LogP contribution < -0.4 is 0 Å². The molecule has 0 saturated carbocycles. The van der Waals surface area contributed by atoms with Gasteiger partial charge in [-0.3, -0.25) is 9.78 Å². The standard InChI is InChI=1S/C11H9NO.C2H6/c1-8(13)10-6-9-4-2-3-5-11(9)12-7-10;1-2/h2-7H,1H3;1-2H3. The Morgan fingerprint density at radius 2 is 1.87 bits per heavy atom. The van der Waals surface area contributed by atoms with Crippen LogP contribution in [0.5, 0.6) is 0 Å². The Balaban J connectivity index is 0.000000531. The third-order valence-electron chi connectivity index (χ3n) is 2.00. The van der Waals surface area contributed by atoms with Gasteiger partial charge in [0.1, 0.15) is 0 Å². The molecule has 2 rings (SSSR count). The molecule has 0 N–H and O–H groups in total. The molecule has 0 aliphatic carbocycles. The van der Waals surface area contributed by atoms with Gasteiger partial charge in [-0.25, -0.2) is 0 Å². The summed E-state index contributed by atoms with van der Waals surface area (Å²) >= 11 is 0. The normalized spacial score (nSPS) is 9.27. The van der Waals surface area contributed by atoms with E-state index in [0.29, 0.717) is 5.56 Å². The van der Waals surface area contributed by atoms with Crippen LogP contribution in [0, 0.1) is 0 Å². The van der Waals surface area contributed by atoms with E-state index in [1.165, 1.54) is 0 Å². The lowest BCUT2D eigenvalue weighted by Gasteiger charge is -1.98. The summed E-state index contributed by atoms with van der Waals surface area (Å²) < 4.78 is 0. The van der Waals surface area contributed by atoms with E-state index in [9.17, 15) is 4.79 Å². The maximum atomic E-state index is 11.0. The van der Waals surface area contributed by atoms with Crippen LogP contribution in [0.25, 0.3) is 10.9 Å². The molecule has 0 fully saturated rings. The number of nitrogens with zero attached hydrogens (tertiary/aromatic N) is 1. The highest BCUT2D eigenvalue weighted by molar-refractivity contribution is 5.97. The number of Topliss-reactive ketones (excluding diaryl/α,β-unsaturated/α-hetero) is 1. The fourth-order valence-corrected chi connectivity index (χ4v) is 1.26. The van der Waals surface area contributed by atoms with Crippen molar-refractivity contribution >= 4 is 16.7 Å². The summed E-state index contributed by atoms with van der Waals surface area (Å²) in [6, 6.07) is 9.62. The molecule has 15 heavy (non-hydrogen) atoms. The molecule has 1 heterocycles. The van der Waals surface area contributed by atoms with Crippen molar-refractivity contribution in [2.75, 3.05) is 0 Å². The summed E-state index contributed by atoms with van der Waals surface area (Å²) in [6.45, 7) is 5.55. The summed E-state index contributed by atoms with van der Waals surface area (Å²) in [5.41, 5.74) is 1.59. The second kappa shape index (κ2) is 5.25. The first-order valence-electron chi connectivity index (χ1n) is 5.13. The van der Waals surface area contributed by atoms with E-state index < -0.39 is 0 Å². The molecule has 0 bridgehead atoms.